The van der Waals surface area contributed by atoms with Crippen molar-refractivity contribution in [2.75, 3.05) is 0 Å². The molecule has 4 heteroatoms. The molecule has 0 saturated heterocycles. The Balaban J connectivity index is 2.32. The molecule has 0 atom stereocenters. The lowest BCUT2D eigenvalue weighted by Gasteiger charge is -2.30. The number of thiocarbonyl (C=S) groups is 1. The first-order valence-electron chi connectivity index (χ1n) is 14.2. The molecule has 33 heavy (non-hydrogen) atoms. The van der Waals surface area contributed by atoms with E-state index in [1.165, 1.54) is 140 Å². The van der Waals surface area contributed by atoms with Gasteiger partial charge in [0.05, 0.1) is 9.10 Å². The van der Waals surface area contributed by atoms with E-state index in [0.717, 1.165) is 33.1 Å². The SMILES string of the molecule is CCCCCCCCCCCCC1(CCCCCCCCCCCC)C(=S)SC(C=O)=C1S. The van der Waals surface area contributed by atoms with Gasteiger partial charge in [0, 0.05) is 10.3 Å². The van der Waals surface area contributed by atoms with E-state index in [4.69, 9.17) is 24.8 Å². The molecule has 0 N–H and O–H groups in total. The standard InChI is InChI=1S/C29H52OS3/c1-3-5-7-9-11-13-15-17-19-21-23-29(27(31)26(25-30)33-28(29)32)24-22-20-18-16-14-12-10-8-6-4-2/h25,31H,3-24H2,1-2H3. The van der Waals surface area contributed by atoms with Crippen molar-refractivity contribution < 1.29 is 4.79 Å². The van der Waals surface area contributed by atoms with Crippen molar-refractivity contribution in [3.05, 3.63) is 9.81 Å². The summed E-state index contributed by atoms with van der Waals surface area (Å²) in [6, 6.07) is 0. The molecule has 1 nitrogen and oxygen atoms in total. The molecule has 0 radical (unpaired) electrons. The van der Waals surface area contributed by atoms with E-state index < -0.39 is 0 Å². The average molecular weight is 513 g/mol. The summed E-state index contributed by atoms with van der Waals surface area (Å²) in [5, 5.41) is 0. The lowest BCUT2D eigenvalue weighted by Crippen LogP contribution is -2.25. The van der Waals surface area contributed by atoms with Crippen molar-refractivity contribution in [1.82, 2.24) is 0 Å². The number of thioether (sulfide) groups is 1. The summed E-state index contributed by atoms with van der Waals surface area (Å²) in [6.45, 7) is 4.56. The molecule has 0 bridgehead atoms. The molecule has 1 heterocycles. The van der Waals surface area contributed by atoms with E-state index in [0.29, 0.717) is 0 Å². The third kappa shape index (κ3) is 12.6. The Morgan fingerprint density at radius 2 is 1.00 bits per heavy atom. The van der Waals surface area contributed by atoms with Gasteiger partial charge in [0.15, 0.2) is 6.29 Å². The van der Waals surface area contributed by atoms with Gasteiger partial charge in [0.2, 0.25) is 0 Å². The highest BCUT2D eigenvalue weighted by Gasteiger charge is 2.43. The van der Waals surface area contributed by atoms with Crippen LogP contribution < -0.4 is 0 Å². The zero-order chi connectivity index (χ0) is 24.2. The first kappa shape index (κ1) is 31.2. The molecular formula is C29H52OS3. The van der Waals surface area contributed by atoms with E-state index in [1.807, 2.05) is 0 Å². The Morgan fingerprint density at radius 3 is 1.30 bits per heavy atom. The number of carbonyl (C=O) groups is 1. The Labute approximate surface area is 221 Å². The molecule has 0 spiro atoms. The molecule has 1 aliphatic heterocycles. The molecule has 0 unspecified atom stereocenters. The van der Waals surface area contributed by atoms with Crippen LogP contribution in [0.3, 0.4) is 0 Å². The maximum Gasteiger partial charge on any atom is 0.157 e. The van der Waals surface area contributed by atoms with E-state index in [-0.39, 0.29) is 5.41 Å². The van der Waals surface area contributed by atoms with Crippen LogP contribution in [-0.4, -0.2) is 10.5 Å². The third-order valence-corrected chi connectivity index (χ3v) is 9.86. The van der Waals surface area contributed by atoms with Crippen molar-refractivity contribution in [3.8, 4) is 0 Å². The molecular weight excluding hydrogens is 461 g/mol. The van der Waals surface area contributed by atoms with Crippen LogP contribution in [0.4, 0.5) is 0 Å². The second-order valence-electron chi connectivity index (χ2n) is 10.2. The minimum atomic E-state index is -0.125. The number of unbranched alkanes of at least 4 members (excludes halogenated alkanes) is 18. The zero-order valence-electron chi connectivity index (χ0n) is 21.8. The van der Waals surface area contributed by atoms with Gasteiger partial charge >= 0.3 is 0 Å². The Hall–Kier alpha value is 0.200. The first-order chi connectivity index (χ1) is 16.1. The van der Waals surface area contributed by atoms with Gasteiger partial charge in [-0.1, -0.05) is 166 Å². The largest absolute Gasteiger partial charge is 0.297 e. The molecule has 1 aliphatic rings. The molecule has 0 saturated carbocycles. The predicted molar refractivity (Wildman–Crippen MR) is 158 cm³/mol. The minimum absolute atomic E-state index is 0.125. The fourth-order valence-electron chi connectivity index (χ4n) is 5.05. The number of carbonyl (C=O) groups excluding carboxylic acids is 1. The number of thiol groups is 1. The van der Waals surface area contributed by atoms with E-state index in [1.54, 1.807) is 0 Å². The normalized spacial score (nSPS) is 15.5. The molecule has 0 fully saturated rings. The molecule has 0 aromatic carbocycles. The smallest absolute Gasteiger partial charge is 0.157 e. The van der Waals surface area contributed by atoms with Crippen molar-refractivity contribution in [3.63, 3.8) is 0 Å². The molecule has 0 aromatic rings. The van der Waals surface area contributed by atoms with Crippen LogP contribution in [0.25, 0.3) is 0 Å². The van der Waals surface area contributed by atoms with Crippen molar-refractivity contribution in [2.45, 2.75) is 155 Å². The zero-order valence-corrected chi connectivity index (χ0v) is 24.3. The van der Waals surface area contributed by atoms with Crippen LogP contribution in [0.5, 0.6) is 0 Å². The summed E-state index contributed by atoms with van der Waals surface area (Å²) in [7, 11) is 0. The summed E-state index contributed by atoms with van der Waals surface area (Å²) in [6.07, 6.45) is 30.1. The van der Waals surface area contributed by atoms with Crippen molar-refractivity contribution >= 4 is 47.1 Å². The summed E-state index contributed by atoms with van der Waals surface area (Å²) >= 11 is 12.2. The lowest BCUT2D eigenvalue weighted by molar-refractivity contribution is -0.104. The van der Waals surface area contributed by atoms with Crippen LogP contribution in [0.2, 0.25) is 0 Å². The van der Waals surface area contributed by atoms with Gasteiger partial charge in [-0.25, -0.2) is 0 Å². The van der Waals surface area contributed by atoms with Gasteiger partial charge in [-0.05, 0) is 12.8 Å². The molecule has 0 amide bonds. The van der Waals surface area contributed by atoms with Crippen LogP contribution in [0.15, 0.2) is 9.81 Å². The van der Waals surface area contributed by atoms with Gasteiger partial charge in [-0.3, -0.25) is 4.79 Å². The van der Waals surface area contributed by atoms with Crippen LogP contribution >= 0.6 is 36.6 Å². The maximum atomic E-state index is 11.5. The predicted octanol–water partition coefficient (Wildman–Crippen LogP) is 11.0. The van der Waals surface area contributed by atoms with E-state index in [9.17, 15) is 4.79 Å². The second-order valence-corrected chi connectivity index (χ2v) is 12.3. The van der Waals surface area contributed by atoms with Gasteiger partial charge in [0.25, 0.3) is 0 Å². The minimum Gasteiger partial charge on any atom is -0.297 e. The second kappa shape index (κ2) is 20.4. The molecule has 0 aromatic heterocycles. The summed E-state index contributed by atoms with van der Waals surface area (Å²) < 4.78 is 1.00. The molecule has 1 rings (SSSR count). The summed E-state index contributed by atoms with van der Waals surface area (Å²) in [5.41, 5.74) is -0.125. The lowest BCUT2D eigenvalue weighted by atomic mass is 9.78. The Kier molecular flexibility index (Phi) is 19.3. The first-order valence-corrected chi connectivity index (χ1v) is 15.9. The fraction of sp³-hybridized carbons (Fsp3) is 0.862. The van der Waals surface area contributed by atoms with Crippen LogP contribution in [0.1, 0.15) is 155 Å². The number of aldehydes is 1. The number of hydrogen-bond acceptors (Lipinski definition) is 4. The quantitative estimate of drug-likeness (QED) is 0.0635. The van der Waals surface area contributed by atoms with Crippen LogP contribution in [-0.2, 0) is 4.79 Å². The van der Waals surface area contributed by atoms with Gasteiger partial charge < -0.3 is 0 Å². The van der Waals surface area contributed by atoms with E-state index in [2.05, 4.69) is 13.8 Å². The highest BCUT2D eigenvalue weighted by atomic mass is 32.2. The third-order valence-electron chi connectivity index (χ3n) is 7.30. The van der Waals surface area contributed by atoms with Crippen molar-refractivity contribution in [2.24, 2.45) is 5.41 Å². The Bertz CT molecular complexity index is 531. The Morgan fingerprint density at radius 1 is 0.667 bits per heavy atom. The van der Waals surface area contributed by atoms with Crippen molar-refractivity contribution in [1.29, 1.82) is 0 Å². The topological polar surface area (TPSA) is 17.1 Å². The maximum absolute atomic E-state index is 11.5. The highest BCUT2D eigenvalue weighted by molar-refractivity contribution is 8.27. The monoisotopic (exact) mass is 512 g/mol. The van der Waals surface area contributed by atoms with Gasteiger partial charge in [0.1, 0.15) is 0 Å². The van der Waals surface area contributed by atoms with Gasteiger partial charge in [-0.15, -0.1) is 12.6 Å². The number of rotatable bonds is 23. The molecule has 0 aliphatic carbocycles. The molecule has 192 valence electrons. The number of hydrogen-bond donors (Lipinski definition) is 1. The highest BCUT2D eigenvalue weighted by Crippen LogP contribution is 2.54. The van der Waals surface area contributed by atoms with Gasteiger partial charge in [-0.2, -0.15) is 0 Å². The summed E-state index contributed by atoms with van der Waals surface area (Å²) in [5.74, 6) is 0. The summed E-state index contributed by atoms with van der Waals surface area (Å²) in [4.78, 5) is 13.3. The van der Waals surface area contributed by atoms with Crippen LogP contribution in [0, 0.1) is 5.41 Å². The average Bonchev–Trinajstić information content (AvgIpc) is 3.06. The van der Waals surface area contributed by atoms with E-state index >= 15 is 0 Å². The fourth-order valence-corrected chi connectivity index (χ4v) is 7.35. The number of allylic oxidation sites excluding steroid dienone is 2.